The van der Waals surface area contributed by atoms with Crippen molar-refractivity contribution in [2.24, 2.45) is 0 Å². The van der Waals surface area contributed by atoms with E-state index >= 15 is 0 Å². The van der Waals surface area contributed by atoms with E-state index in [2.05, 4.69) is 11.6 Å². The number of hydrogen-bond acceptors (Lipinski definition) is 5. The third-order valence-electron chi connectivity index (χ3n) is 4.66. The molecule has 9 heteroatoms. The quantitative estimate of drug-likeness (QED) is 0.404. The van der Waals surface area contributed by atoms with Gasteiger partial charge in [-0.25, -0.2) is 4.79 Å². The highest BCUT2D eigenvalue weighted by molar-refractivity contribution is 5.81. The van der Waals surface area contributed by atoms with Crippen molar-refractivity contribution >= 4 is 12.2 Å². The lowest BCUT2D eigenvalue weighted by Crippen LogP contribution is -2.27. The number of hydrogen-bond donors (Lipinski definition) is 0. The van der Waals surface area contributed by atoms with Crippen LogP contribution in [0.2, 0.25) is 0 Å². The van der Waals surface area contributed by atoms with Gasteiger partial charge in [0.2, 0.25) is 0 Å². The maximum Gasteiger partial charge on any atom is 0.419 e. The monoisotopic (exact) mass is 474 g/mol. The van der Waals surface area contributed by atoms with Crippen LogP contribution in [0.3, 0.4) is 0 Å². The Bertz CT molecular complexity index is 1180. The maximum absolute atomic E-state index is 13.5. The highest BCUT2D eigenvalue weighted by Crippen LogP contribution is 2.38. The normalized spacial score (nSPS) is 11.7. The molecule has 0 aliphatic rings. The molecule has 180 valence electrons. The Hall–Kier alpha value is -3.75. The van der Waals surface area contributed by atoms with Gasteiger partial charge in [0.25, 0.3) is 0 Å². The standard InChI is InChI=1S/C25H25F3N2O4/c1-6-18-12-22(33-15-16-7-9-19(32-5)10-8-16)20(13-29-18)21-11-17(25(26,27)28)14-30(21)23(31)34-24(2,3)4/h6-14H,1,15H2,2-5H3. The molecule has 3 aromatic rings. The van der Waals surface area contributed by atoms with E-state index in [0.29, 0.717) is 17.6 Å². The summed E-state index contributed by atoms with van der Waals surface area (Å²) in [5.74, 6) is 0.912. The SMILES string of the molecule is C=Cc1cc(OCc2ccc(OC)cc2)c(-c2cc(C(F)(F)F)cn2C(=O)OC(C)(C)C)cn1. The molecule has 0 unspecified atom stereocenters. The van der Waals surface area contributed by atoms with Crippen LogP contribution in [0.15, 0.2) is 55.4 Å². The third-order valence-corrected chi connectivity index (χ3v) is 4.66. The van der Waals surface area contributed by atoms with Crippen LogP contribution in [0.5, 0.6) is 11.5 Å². The average Bonchev–Trinajstić information content (AvgIpc) is 3.23. The summed E-state index contributed by atoms with van der Waals surface area (Å²) >= 11 is 0. The molecule has 2 heterocycles. The molecule has 0 N–H and O–H groups in total. The first-order chi connectivity index (χ1) is 15.9. The lowest BCUT2D eigenvalue weighted by atomic mass is 10.1. The smallest absolute Gasteiger partial charge is 0.419 e. The third kappa shape index (κ3) is 5.98. The molecule has 0 amide bonds. The Balaban J connectivity index is 2.05. The maximum atomic E-state index is 13.5. The molecule has 0 aliphatic carbocycles. The zero-order chi connectivity index (χ0) is 25.1. The van der Waals surface area contributed by atoms with Gasteiger partial charge in [0.15, 0.2) is 0 Å². The highest BCUT2D eigenvalue weighted by Gasteiger charge is 2.35. The van der Waals surface area contributed by atoms with Crippen molar-refractivity contribution in [1.82, 2.24) is 9.55 Å². The molecule has 6 nitrogen and oxygen atoms in total. The summed E-state index contributed by atoms with van der Waals surface area (Å²) in [4.78, 5) is 17.0. The van der Waals surface area contributed by atoms with E-state index < -0.39 is 23.4 Å². The molecule has 2 aromatic heterocycles. The lowest BCUT2D eigenvalue weighted by Gasteiger charge is -2.21. The molecule has 0 aliphatic heterocycles. The Kier molecular flexibility index (Phi) is 7.04. The number of carbonyl (C=O) groups is 1. The molecule has 34 heavy (non-hydrogen) atoms. The Morgan fingerprint density at radius 3 is 2.38 bits per heavy atom. The second-order valence-electron chi connectivity index (χ2n) is 8.41. The average molecular weight is 474 g/mol. The zero-order valence-electron chi connectivity index (χ0n) is 19.3. The largest absolute Gasteiger partial charge is 0.497 e. The van der Waals surface area contributed by atoms with Gasteiger partial charge in [-0.05, 0) is 50.6 Å². The number of pyridine rings is 1. The number of aromatic nitrogens is 2. The van der Waals surface area contributed by atoms with Crippen LogP contribution in [0.25, 0.3) is 17.3 Å². The van der Waals surface area contributed by atoms with Crippen LogP contribution < -0.4 is 9.47 Å². The van der Waals surface area contributed by atoms with Gasteiger partial charge in [-0.1, -0.05) is 18.7 Å². The number of carbonyl (C=O) groups excluding carboxylic acids is 1. The van der Waals surface area contributed by atoms with Crippen LogP contribution in [0.4, 0.5) is 18.0 Å². The van der Waals surface area contributed by atoms with Crippen molar-refractivity contribution in [2.75, 3.05) is 7.11 Å². The van der Waals surface area contributed by atoms with Crippen molar-refractivity contribution in [3.63, 3.8) is 0 Å². The minimum absolute atomic E-state index is 0.0607. The van der Waals surface area contributed by atoms with Gasteiger partial charge >= 0.3 is 12.3 Å². The van der Waals surface area contributed by atoms with Gasteiger partial charge in [-0.2, -0.15) is 13.2 Å². The first kappa shape index (κ1) is 24.9. The Labute approximate surface area is 195 Å². The summed E-state index contributed by atoms with van der Waals surface area (Å²) in [6.07, 6.45) is -2.08. The minimum atomic E-state index is -4.67. The van der Waals surface area contributed by atoms with Crippen LogP contribution in [0.1, 0.15) is 37.6 Å². The van der Waals surface area contributed by atoms with Crippen LogP contribution in [-0.4, -0.2) is 28.4 Å². The summed E-state index contributed by atoms with van der Waals surface area (Å²) in [6, 6.07) is 9.56. The molecule has 0 radical (unpaired) electrons. The van der Waals surface area contributed by atoms with Crippen molar-refractivity contribution in [1.29, 1.82) is 0 Å². The Morgan fingerprint density at radius 2 is 1.82 bits per heavy atom. The first-order valence-electron chi connectivity index (χ1n) is 10.3. The van der Waals surface area contributed by atoms with Gasteiger partial charge in [-0.15, -0.1) is 0 Å². The fourth-order valence-electron chi connectivity index (χ4n) is 3.05. The zero-order valence-corrected chi connectivity index (χ0v) is 19.3. The molecular weight excluding hydrogens is 449 g/mol. The molecule has 1 aromatic carbocycles. The number of rotatable bonds is 6. The predicted molar refractivity (Wildman–Crippen MR) is 122 cm³/mol. The second-order valence-corrected chi connectivity index (χ2v) is 8.41. The van der Waals surface area contributed by atoms with Crippen molar-refractivity contribution in [3.8, 4) is 22.8 Å². The Morgan fingerprint density at radius 1 is 1.15 bits per heavy atom. The van der Waals surface area contributed by atoms with Crippen molar-refractivity contribution in [2.45, 2.75) is 39.2 Å². The van der Waals surface area contributed by atoms with E-state index in [0.717, 1.165) is 16.2 Å². The second kappa shape index (κ2) is 9.62. The topological polar surface area (TPSA) is 62.6 Å². The van der Waals surface area contributed by atoms with Crippen LogP contribution in [0, 0.1) is 0 Å². The van der Waals surface area contributed by atoms with Crippen LogP contribution >= 0.6 is 0 Å². The summed E-state index contributed by atoms with van der Waals surface area (Å²) in [5.41, 5.74) is -0.505. The number of benzene rings is 1. The molecule has 0 saturated carbocycles. The highest BCUT2D eigenvalue weighted by atomic mass is 19.4. The summed E-state index contributed by atoms with van der Waals surface area (Å²) < 4.78 is 57.8. The van der Waals surface area contributed by atoms with Gasteiger partial charge in [-0.3, -0.25) is 9.55 Å². The van der Waals surface area contributed by atoms with Gasteiger partial charge in [0, 0.05) is 18.5 Å². The molecule has 0 spiro atoms. The van der Waals surface area contributed by atoms with E-state index in [9.17, 15) is 18.0 Å². The first-order valence-corrected chi connectivity index (χ1v) is 10.3. The van der Waals surface area contributed by atoms with E-state index in [1.54, 1.807) is 58.2 Å². The van der Waals surface area contributed by atoms with Gasteiger partial charge < -0.3 is 14.2 Å². The summed E-state index contributed by atoms with van der Waals surface area (Å²) in [5, 5.41) is 0. The van der Waals surface area contributed by atoms with Crippen molar-refractivity contribution < 1.29 is 32.2 Å². The van der Waals surface area contributed by atoms with E-state index in [1.807, 2.05) is 0 Å². The number of alkyl halides is 3. The van der Waals surface area contributed by atoms with Crippen molar-refractivity contribution in [3.05, 3.63) is 72.2 Å². The molecule has 0 saturated heterocycles. The number of methoxy groups -OCH3 is 1. The van der Waals surface area contributed by atoms with Gasteiger partial charge in [0.05, 0.1) is 29.6 Å². The van der Waals surface area contributed by atoms with Crippen LogP contribution in [-0.2, 0) is 17.5 Å². The number of ether oxygens (including phenoxy) is 3. The number of nitrogens with zero attached hydrogens (tertiary/aromatic N) is 2. The molecule has 0 atom stereocenters. The van der Waals surface area contributed by atoms with E-state index in [4.69, 9.17) is 14.2 Å². The van der Waals surface area contributed by atoms with Gasteiger partial charge in [0.1, 0.15) is 23.7 Å². The lowest BCUT2D eigenvalue weighted by molar-refractivity contribution is -0.137. The molecular formula is C25H25F3N2O4. The fraction of sp³-hybridized carbons (Fsp3) is 0.280. The van der Waals surface area contributed by atoms with E-state index in [-0.39, 0.29) is 23.6 Å². The fourth-order valence-corrected chi connectivity index (χ4v) is 3.05. The summed E-state index contributed by atoms with van der Waals surface area (Å²) in [7, 11) is 1.56. The molecule has 3 rings (SSSR count). The predicted octanol–water partition coefficient (Wildman–Crippen LogP) is 6.58. The minimum Gasteiger partial charge on any atom is -0.497 e. The number of halogens is 3. The molecule has 0 bridgehead atoms. The molecule has 0 fully saturated rings. The summed E-state index contributed by atoms with van der Waals surface area (Å²) in [6.45, 7) is 8.68. The van der Waals surface area contributed by atoms with E-state index in [1.165, 1.54) is 12.3 Å².